The molecular formula is C10H5N3O3. The summed E-state index contributed by atoms with van der Waals surface area (Å²) in [6.45, 7) is 0. The first kappa shape index (κ1) is 11.3. The summed E-state index contributed by atoms with van der Waals surface area (Å²) in [7, 11) is 0. The minimum absolute atomic E-state index is 0.106. The van der Waals surface area contributed by atoms with Gasteiger partial charge in [0.2, 0.25) is 0 Å². The Morgan fingerprint density at radius 1 is 1.44 bits per heavy atom. The second kappa shape index (κ2) is 4.67. The maximum absolute atomic E-state index is 10.7. The third kappa shape index (κ3) is 1.86. The quantitative estimate of drug-likeness (QED) is 0.429. The molecule has 6 heteroatoms. The number of nitro groups is 1. The van der Waals surface area contributed by atoms with E-state index in [2.05, 4.69) is 0 Å². The van der Waals surface area contributed by atoms with E-state index in [4.69, 9.17) is 10.5 Å². The zero-order valence-electron chi connectivity index (χ0n) is 8.01. The summed E-state index contributed by atoms with van der Waals surface area (Å²) in [5.41, 5.74) is -0.382. The molecule has 0 aliphatic rings. The molecule has 0 aromatic heterocycles. The second-order valence-corrected chi connectivity index (χ2v) is 2.85. The van der Waals surface area contributed by atoms with Gasteiger partial charge in [-0.15, -0.1) is 0 Å². The molecule has 1 rings (SSSR count). The highest BCUT2D eigenvalue weighted by atomic mass is 16.6. The van der Waals surface area contributed by atoms with Crippen LogP contribution in [0.4, 0.5) is 5.69 Å². The maximum atomic E-state index is 10.7. The lowest BCUT2D eigenvalue weighted by Crippen LogP contribution is -2.01. The molecule has 1 aromatic rings. The zero-order valence-corrected chi connectivity index (χ0v) is 8.01. The maximum Gasteiger partial charge on any atom is 0.287 e. The van der Waals surface area contributed by atoms with Crippen molar-refractivity contribution in [1.29, 1.82) is 10.5 Å². The van der Waals surface area contributed by atoms with E-state index in [0.29, 0.717) is 6.29 Å². The van der Waals surface area contributed by atoms with Gasteiger partial charge in [-0.05, 0) is 6.07 Å². The molecule has 0 aliphatic heterocycles. The van der Waals surface area contributed by atoms with Crippen molar-refractivity contribution in [2.24, 2.45) is 0 Å². The van der Waals surface area contributed by atoms with Gasteiger partial charge in [-0.2, -0.15) is 10.5 Å². The van der Waals surface area contributed by atoms with Crippen molar-refractivity contribution >= 4 is 12.0 Å². The fraction of sp³-hybridized carbons (Fsp3) is 0.100. The second-order valence-electron chi connectivity index (χ2n) is 2.85. The molecule has 0 bridgehead atoms. The predicted molar refractivity (Wildman–Crippen MR) is 52.5 cm³/mol. The third-order valence-electron chi connectivity index (χ3n) is 2.02. The molecule has 1 aromatic carbocycles. The molecule has 0 saturated carbocycles. The molecule has 0 saturated heterocycles. The summed E-state index contributed by atoms with van der Waals surface area (Å²) >= 11 is 0. The SMILES string of the molecule is N#CCc1c(C=O)ccc([N+](=O)[O-])c1C#N. The van der Waals surface area contributed by atoms with E-state index in [0.717, 1.165) is 6.07 Å². The average Bonchev–Trinajstić information content (AvgIpc) is 2.28. The molecule has 0 unspecified atom stereocenters. The Morgan fingerprint density at radius 3 is 2.56 bits per heavy atom. The highest BCUT2D eigenvalue weighted by molar-refractivity contribution is 5.80. The number of benzene rings is 1. The molecule has 0 amide bonds. The molecular weight excluding hydrogens is 210 g/mol. The van der Waals surface area contributed by atoms with Crippen LogP contribution < -0.4 is 0 Å². The van der Waals surface area contributed by atoms with E-state index >= 15 is 0 Å². The molecule has 0 radical (unpaired) electrons. The molecule has 0 aliphatic carbocycles. The van der Waals surface area contributed by atoms with Crippen molar-refractivity contribution in [3.05, 3.63) is 38.9 Å². The number of carbonyl (C=O) groups excluding carboxylic acids is 1. The highest BCUT2D eigenvalue weighted by Crippen LogP contribution is 2.24. The zero-order chi connectivity index (χ0) is 12.1. The van der Waals surface area contributed by atoms with Gasteiger partial charge < -0.3 is 0 Å². The van der Waals surface area contributed by atoms with Gasteiger partial charge in [0.15, 0.2) is 0 Å². The Balaban J connectivity index is 3.58. The first-order valence-corrected chi connectivity index (χ1v) is 4.18. The molecule has 0 atom stereocenters. The number of nitrogens with zero attached hydrogens (tertiary/aromatic N) is 3. The number of aldehydes is 1. The molecule has 0 spiro atoms. The fourth-order valence-electron chi connectivity index (χ4n) is 1.31. The fourth-order valence-corrected chi connectivity index (χ4v) is 1.31. The summed E-state index contributed by atoms with van der Waals surface area (Å²) in [5, 5.41) is 28.0. The van der Waals surface area contributed by atoms with Crippen molar-refractivity contribution in [3.8, 4) is 12.1 Å². The van der Waals surface area contributed by atoms with E-state index < -0.39 is 10.6 Å². The largest absolute Gasteiger partial charge is 0.298 e. The standard InChI is InChI=1S/C10H5N3O3/c11-4-3-8-7(6-14)1-2-10(13(15)16)9(8)5-12/h1-2,6H,3H2. The van der Waals surface area contributed by atoms with Crippen molar-refractivity contribution in [2.75, 3.05) is 0 Å². The van der Waals surface area contributed by atoms with Crippen LogP contribution in [0.15, 0.2) is 12.1 Å². The van der Waals surface area contributed by atoms with Crippen LogP contribution in [0.1, 0.15) is 21.5 Å². The summed E-state index contributed by atoms with van der Waals surface area (Å²) < 4.78 is 0. The summed E-state index contributed by atoms with van der Waals surface area (Å²) in [5.74, 6) is 0. The number of rotatable bonds is 3. The summed E-state index contributed by atoms with van der Waals surface area (Å²) in [6, 6.07) is 5.74. The smallest absolute Gasteiger partial charge is 0.287 e. The first-order chi connectivity index (χ1) is 7.65. The third-order valence-corrected chi connectivity index (χ3v) is 2.02. The molecule has 6 nitrogen and oxygen atoms in total. The highest BCUT2D eigenvalue weighted by Gasteiger charge is 2.20. The molecule has 16 heavy (non-hydrogen) atoms. The number of carbonyl (C=O) groups is 1. The Kier molecular flexibility index (Phi) is 3.31. The minimum atomic E-state index is -0.714. The van der Waals surface area contributed by atoms with Crippen LogP contribution in [0, 0.1) is 32.8 Å². The van der Waals surface area contributed by atoms with Crippen LogP contribution in [-0.2, 0) is 6.42 Å². The lowest BCUT2D eigenvalue weighted by atomic mass is 9.98. The van der Waals surface area contributed by atoms with Gasteiger partial charge in [0, 0.05) is 17.2 Å². The number of hydrogen-bond donors (Lipinski definition) is 0. The van der Waals surface area contributed by atoms with Crippen LogP contribution in [0.3, 0.4) is 0 Å². The van der Waals surface area contributed by atoms with Crippen LogP contribution in [0.2, 0.25) is 0 Å². The van der Waals surface area contributed by atoms with E-state index in [9.17, 15) is 14.9 Å². The van der Waals surface area contributed by atoms with Gasteiger partial charge in [0.05, 0.1) is 17.4 Å². The molecule has 0 N–H and O–H groups in total. The molecule has 0 heterocycles. The van der Waals surface area contributed by atoms with Crippen molar-refractivity contribution in [1.82, 2.24) is 0 Å². The Hall–Kier alpha value is -2.73. The monoisotopic (exact) mass is 215 g/mol. The van der Waals surface area contributed by atoms with E-state index in [1.54, 1.807) is 12.1 Å². The lowest BCUT2D eigenvalue weighted by molar-refractivity contribution is -0.385. The Labute approximate surface area is 90.5 Å². The lowest BCUT2D eigenvalue weighted by Gasteiger charge is -2.03. The van der Waals surface area contributed by atoms with E-state index in [1.165, 1.54) is 6.07 Å². The number of nitro benzene ring substituents is 1. The average molecular weight is 215 g/mol. The Bertz CT molecular complexity index is 537. The van der Waals surface area contributed by atoms with Gasteiger partial charge >= 0.3 is 0 Å². The number of nitriles is 2. The van der Waals surface area contributed by atoms with Crippen molar-refractivity contribution in [2.45, 2.75) is 6.42 Å². The van der Waals surface area contributed by atoms with Gasteiger partial charge in [-0.25, -0.2) is 0 Å². The van der Waals surface area contributed by atoms with Crippen LogP contribution >= 0.6 is 0 Å². The van der Waals surface area contributed by atoms with E-state index in [1.807, 2.05) is 0 Å². The first-order valence-electron chi connectivity index (χ1n) is 4.18. The minimum Gasteiger partial charge on any atom is -0.298 e. The van der Waals surface area contributed by atoms with Crippen molar-refractivity contribution < 1.29 is 9.72 Å². The summed E-state index contributed by atoms with van der Waals surface area (Å²) in [4.78, 5) is 20.6. The molecule has 0 fully saturated rings. The van der Waals surface area contributed by atoms with Crippen LogP contribution in [0.25, 0.3) is 0 Å². The topological polar surface area (TPSA) is 108 Å². The van der Waals surface area contributed by atoms with Crippen LogP contribution in [-0.4, -0.2) is 11.2 Å². The Morgan fingerprint density at radius 2 is 2.12 bits per heavy atom. The van der Waals surface area contributed by atoms with Gasteiger partial charge in [-0.3, -0.25) is 14.9 Å². The molecule has 78 valence electrons. The van der Waals surface area contributed by atoms with Gasteiger partial charge in [0.1, 0.15) is 17.9 Å². The number of hydrogen-bond acceptors (Lipinski definition) is 5. The predicted octanol–water partition coefficient (Wildman–Crippen LogP) is 1.35. The van der Waals surface area contributed by atoms with Crippen LogP contribution in [0.5, 0.6) is 0 Å². The summed E-state index contributed by atoms with van der Waals surface area (Å²) in [6.07, 6.45) is 0.260. The normalized spacial score (nSPS) is 8.88. The van der Waals surface area contributed by atoms with Crippen molar-refractivity contribution in [3.63, 3.8) is 0 Å². The van der Waals surface area contributed by atoms with Gasteiger partial charge in [0.25, 0.3) is 5.69 Å². The van der Waals surface area contributed by atoms with Gasteiger partial charge in [-0.1, -0.05) is 0 Å². The van der Waals surface area contributed by atoms with E-state index in [-0.39, 0.29) is 23.1 Å².